The third-order valence-electron chi connectivity index (χ3n) is 4.91. The quantitative estimate of drug-likeness (QED) is 0.781. The number of H-pyrrole nitrogens is 1. The molecule has 2 aromatic rings. The van der Waals surface area contributed by atoms with Crippen molar-refractivity contribution in [2.45, 2.75) is 39.0 Å². The molecule has 3 rings (SSSR count). The van der Waals surface area contributed by atoms with Crippen molar-refractivity contribution >= 4 is 39.9 Å². The van der Waals surface area contributed by atoms with Gasteiger partial charge in [-0.1, -0.05) is 6.92 Å². The number of halogens is 1. The van der Waals surface area contributed by atoms with E-state index in [0.29, 0.717) is 31.1 Å². The number of amides is 1. The van der Waals surface area contributed by atoms with E-state index >= 15 is 0 Å². The van der Waals surface area contributed by atoms with Gasteiger partial charge in [0, 0.05) is 37.9 Å². The number of hydrogen-bond donors (Lipinski definition) is 2. The zero-order valence-electron chi connectivity index (χ0n) is 15.6. The van der Waals surface area contributed by atoms with Gasteiger partial charge in [0.05, 0.1) is 5.39 Å². The number of carbonyl (C=O) groups excluding carboxylic acids is 1. The van der Waals surface area contributed by atoms with Gasteiger partial charge in [0.1, 0.15) is 10.7 Å². The molecule has 0 fully saturated rings. The van der Waals surface area contributed by atoms with Gasteiger partial charge in [0.15, 0.2) is 0 Å². The highest BCUT2D eigenvalue weighted by atomic mass is 35.5. The van der Waals surface area contributed by atoms with Crippen LogP contribution in [-0.4, -0.2) is 48.0 Å². The van der Waals surface area contributed by atoms with Crippen LogP contribution in [0.3, 0.4) is 0 Å². The van der Waals surface area contributed by atoms with E-state index in [-0.39, 0.29) is 23.9 Å². The van der Waals surface area contributed by atoms with Gasteiger partial charge in [0.2, 0.25) is 5.91 Å². The number of hydrogen-bond acceptors (Lipinski definition) is 5. The zero-order valence-corrected chi connectivity index (χ0v) is 17.2. The summed E-state index contributed by atoms with van der Waals surface area (Å²) in [5, 5.41) is 3.80. The molecular weight excluding hydrogens is 372 g/mol. The summed E-state index contributed by atoms with van der Waals surface area (Å²) >= 11 is 1.65. The van der Waals surface area contributed by atoms with Gasteiger partial charge in [-0.05, 0) is 37.8 Å². The van der Waals surface area contributed by atoms with Crippen LogP contribution in [0.2, 0.25) is 0 Å². The topological polar surface area (TPSA) is 78.1 Å². The van der Waals surface area contributed by atoms with E-state index in [0.717, 1.165) is 36.0 Å². The predicted octanol–water partition coefficient (Wildman–Crippen LogP) is 2.14. The van der Waals surface area contributed by atoms with E-state index < -0.39 is 0 Å². The fourth-order valence-corrected chi connectivity index (χ4v) is 4.73. The number of thiophene rings is 1. The minimum Gasteiger partial charge on any atom is -0.344 e. The number of aromatic nitrogens is 2. The van der Waals surface area contributed by atoms with Crippen LogP contribution in [0.15, 0.2) is 4.79 Å². The molecule has 144 valence electrons. The van der Waals surface area contributed by atoms with Gasteiger partial charge in [-0.15, -0.1) is 23.7 Å². The SMILES string of the molecule is CNCCN(C)C(=O)CCc1nc2sc3c(c2c(=O)[nH]1)CCC(C)C3.Cl. The molecule has 1 amide bonds. The van der Waals surface area contributed by atoms with Crippen molar-refractivity contribution < 1.29 is 4.79 Å². The fourth-order valence-electron chi connectivity index (χ4n) is 3.33. The first-order valence-electron chi connectivity index (χ1n) is 8.91. The summed E-state index contributed by atoms with van der Waals surface area (Å²) < 4.78 is 0. The second-order valence-corrected chi connectivity index (χ2v) is 8.05. The normalized spacial score (nSPS) is 16.2. The van der Waals surface area contributed by atoms with Crippen molar-refractivity contribution in [1.29, 1.82) is 0 Å². The summed E-state index contributed by atoms with van der Waals surface area (Å²) in [6.45, 7) is 3.70. The Labute approximate surface area is 163 Å². The van der Waals surface area contributed by atoms with Crippen LogP contribution in [0.1, 0.15) is 36.0 Å². The van der Waals surface area contributed by atoms with E-state index in [1.54, 1.807) is 23.3 Å². The number of likely N-dealkylation sites (N-methyl/N-ethyl adjacent to an activating group) is 2. The summed E-state index contributed by atoms with van der Waals surface area (Å²) in [6.07, 6.45) is 3.96. The minimum absolute atomic E-state index is 0. The van der Waals surface area contributed by atoms with Crippen molar-refractivity contribution in [3.63, 3.8) is 0 Å². The average molecular weight is 399 g/mol. The second kappa shape index (κ2) is 8.97. The van der Waals surface area contributed by atoms with Gasteiger partial charge < -0.3 is 15.2 Å². The summed E-state index contributed by atoms with van der Waals surface area (Å²) in [4.78, 5) is 36.1. The first-order chi connectivity index (χ1) is 12.0. The fraction of sp³-hybridized carbons (Fsp3) is 0.611. The number of aryl methyl sites for hydroxylation is 2. The van der Waals surface area contributed by atoms with Crippen molar-refractivity contribution in [3.8, 4) is 0 Å². The Bertz CT molecular complexity index is 832. The highest BCUT2D eigenvalue weighted by molar-refractivity contribution is 7.18. The van der Waals surface area contributed by atoms with Crippen LogP contribution >= 0.6 is 23.7 Å². The van der Waals surface area contributed by atoms with Crippen molar-refractivity contribution in [1.82, 2.24) is 20.2 Å². The Kier molecular flexibility index (Phi) is 7.20. The maximum atomic E-state index is 12.5. The molecule has 1 unspecified atom stereocenters. The molecule has 1 atom stereocenters. The molecule has 0 aliphatic heterocycles. The van der Waals surface area contributed by atoms with Gasteiger partial charge >= 0.3 is 0 Å². The average Bonchev–Trinajstić information content (AvgIpc) is 2.95. The second-order valence-electron chi connectivity index (χ2n) is 6.96. The van der Waals surface area contributed by atoms with Crippen LogP contribution in [-0.2, 0) is 24.1 Å². The Morgan fingerprint density at radius 1 is 1.46 bits per heavy atom. The summed E-state index contributed by atoms with van der Waals surface area (Å²) in [5.41, 5.74) is 1.14. The Morgan fingerprint density at radius 2 is 2.23 bits per heavy atom. The zero-order chi connectivity index (χ0) is 18.0. The molecular formula is C18H27ClN4O2S. The van der Waals surface area contributed by atoms with E-state index in [2.05, 4.69) is 22.2 Å². The molecule has 8 heteroatoms. The van der Waals surface area contributed by atoms with Gasteiger partial charge in [-0.25, -0.2) is 4.98 Å². The molecule has 0 saturated heterocycles. The summed E-state index contributed by atoms with van der Waals surface area (Å²) in [5.74, 6) is 1.35. The minimum atomic E-state index is -0.0527. The molecule has 2 N–H and O–H groups in total. The third-order valence-corrected chi connectivity index (χ3v) is 6.06. The lowest BCUT2D eigenvalue weighted by Gasteiger charge is -2.17. The molecule has 0 spiro atoms. The smallest absolute Gasteiger partial charge is 0.259 e. The molecule has 0 radical (unpaired) electrons. The number of carbonyl (C=O) groups is 1. The van der Waals surface area contributed by atoms with E-state index in [4.69, 9.17) is 0 Å². The first kappa shape index (κ1) is 20.9. The molecule has 6 nitrogen and oxygen atoms in total. The monoisotopic (exact) mass is 398 g/mol. The van der Waals surface area contributed by atoms with E-state index in [9.17, 15) is 9.59 Å². The third kappa shape index (κ3) is 4.45. The van der Waals surface area contributed by atoms with Crippen molar-refractivity contribution in [2.75, 3.05) is 27.2 Å². The number of nitrogens with one attached hydrogen (secondary N) is 2. The standard InChI is InChI=1S/C18H26N4O2S.ClH/c1-11-4-5-12-13(10-11)25-18-16(12)17(24)20-14(21-18)6-7-15(23)22(3)9-8-19-2;/h11,19H,4-10H2,1-3H3,(H,20,21,24);1H. The molecule has 2 aromatic heterocycles. The van der Waals surface area contributed by atoms with Gasteiger partial charge in [-0.2, -0.15) is 0 Å². The highest BCUT2D eigenvalue weighted by Gasteiger charge is 2.23. The summed E-state index contributed by atoms with van der Waals surface area (Å²) in [6, 6.07) is 0. The van der Waals surface area contributed by atoms with Crippen LogP contribution in [0.5, 0.6) is 0 Å². The highest BCUT2D eigenvalue weighted by Crippen LogP contribution is 2.35. The predicted molar refractivity (Wildman–Crippen MR) is 109 cm³/mol. The molecule has 0 bridgehead atoms. The Morgan fingerprint density at radius 3 is 2.96 bits per heavy atom. The number of nitrogens with zero attached hydrogens (tertiary/aromatic N) is 2. The van der Waals surface area contributed by atoms with Crippen molar-refractivity contribution in [2.24, 2.45) is 5.92 Å². The van der Waals surface area contributed by atoms with Gasteiger partial charge in [-0.3, -0.25) is 9.59 Å². The number of rotatable bonds is 6. The molecule has 0 saturated carbocycles. The van der Waals surface area contributed by atoms with Crippen molar-refractivity contribution in [3.05, 3.63) is 26.6 Å². The Hall–Kier alpha value is -1.44. The molecule has 1 aliphatic rings. The van der Waals surface area contributed by atoms with Gasteiger partial charge in [0.25, 0.3) is 5.56 Å². The van der Waals surface area contributed by atoms with Crippen LogP contribution in [0.4, 0.5) is 0 Å². The maximum absolute atomic E-state index is 12.5. The van der Waals surface area contributed by atoms with Crippen LogP contribution in [0.25, 0.3) is 10.2 Å². The van der Waals surface area contributed by atoms with E-state index in [1.165, 1.54) is 10.4 Å². The van der Waals surface area contributed by atoms with Crippen LogP contribution < -0.4 is 10.9 Å². The molecule has 0 aromatic carbocycles. The molecule has 26 heavy (non-hydrogen) atoms. The lowest BCUT2D eigenvalue weighted by Crippen LogP contribution is -2.33. The van der Waals surface area contributed by atoms with E-state index in [1.807, 2.05) is 7.05 Å². The largest absolute Gasteiger partial charge is 0.344 e. The first-order valence-corrected chi connectivity index (χ1v) is 9.73. The summed E-state index contributed by atoms with van der Waals surface area (Å²) in [7, 11) is 3.66. The maximum Gasteiger partial charge on any atom is 0.259 e. The molecule has 1 aliphatic carbocycles. The number of aromatic amines is 1. The molecule has 2 heterocycles. The van der Waals surface area contributed by atoms with Crippen LogP contribution in [0, 0.1) is 5.92 Å². The number of fused-ring (bicyclic) bond motifs is 3. The Balaban J connectivity index is 0.00000243. The lowest BCUT2D eigenvalue weighted by atomic mass is 9.89. The lowest BCUT2D eigenvalue weighted by molar-refractivity contribution is -0.129.